The van der Waals surface area contributed by atoms with Crippen molar-refractivity contribution in [3.63, 3.8) is 0 Å². The molecule has 5 nitrogen and oxygen atoms in total. The predicted molar refractivity (Wildman–Crippen MR) is 81.9 cm³/mol. The van der Waals surface area contributed by atoms with Crippen molar-refractivity contribution >= 4 is 11.7 Å². The van der Waals surface area contributed by atoms with Crippen LogP contribution in [0, 0.1) is 16.7 Å². The van der Waals surface area contributed by atoms with E-state index in [0.29, 0.717) is 17.9 Å². The highest BCUT2D eigenvalue weighted by Gasteiger charge is 2.27. The molecule has 5 heteroatoms. The van der Waals surface area contributed by atoms with Gasteiger partial charge in [0, 0.05) is 19.3 Å². The molecule has 0 bridgehead atoms. The van der Waals surface area contributed by atoms with Crippen LogP contribution in [0.3, 0.4) is 0 Å². The van der Waals surface area contributed by atoms with Gasteiger partial charge >= 0.3 is 0 Å². The fourth-order valence-electron chi connectivity index (χ4n) is 2.58. The average Bonchev–Trinajstić information content (AvgIpc) is 2.51. The zero-order valence-electron chi connectivity index (χ0n) is 12.9. The van der Waals surface area contributed by atoms with E-state index in [2.05, 4.69) is 21.7 Å². The van der Waals surface area contributed by atoms with Gasteiger partial charge in [0.2, 0.25) is 5.91 Å². The van der Waals surface area contributed by atoms with E-state index in [9.17, 15) is 10.1 Å². The van der Waals surface area contributed by atoms with Crippen molar-refractivity contribution in [2.24, 2.45) is 5.41 Å². The number of anilines is 1. The van der Waals surface area contributed by atoms with Crippen molar-refractivity contribution in [2.45, 2.75) is 39.5 Å². The Hall–Kier alpha value is -2.09. The van der Waals surface area contributed by atoms with E-state index in [1.165, 1.54) is 5.56 Å². The van der Waals surface area contributed by atoms with Gasteiger partial charge in [-0.3, -0.25) is 4.79 Å². The Kier molecular flexibility index (Phi) is 4.46. The number of nitrogens with one attached hydrogen (secondary N) is 2. The Morgan fingerprint density at radius 2 is 2.14 bits per heavy atom. The summed E-state index contributed by atoms with van der Waals surface area (Å²) in [5.41, 5.74) is 2.27. The zero-order valence-corrected chi connectivity index (χ0v) is 12.9. The smallest absolute Gasteiger partial charge is 0.227 e. The molecular weight excluding hydrogens is 264 g/mol. The molecule has 0 aromatic carbocycles. The first-order chi connectivity index (χ1) is 9.97. The van der Waals surface area contributed by atoms with Crippen molar-refractivity contribution in [1.29, 1.82) is 5.26 Å². The van der Waals surface area contributed by atoms with E-state index >= 15 is 0 Å². The van der Waals surface area contributed by atoms with Crippen molar-refractivity contribution in [1.82, 2.24) is 10.3 Å². The van der Waals surface area contributed by atoms with Crippen LogP contribution in [-0.2, 0) is 17.6 Å². The second-order valence-corrected chi connectivity index (χ2v) is 6.13. The third kappa shape index (κ3) is 3.33. The van der Waals surface area contributed by atoms with Gasteiger partial charge in [0.25, 0.3) is 0 Å². The highest BCUT2D eigenvalue weighted by molar-refractivity contribution is 5.82. The lowest BCUT2D eigenvalue weighted by Gasteiger charge is -2.24. The van der Waals surface area contributed by atoms with E-state index in [1.807, 2.05) is 19.9 Å². The number of pyridine rings is 1. The number of aromatic nitrogens is 1. The van der Waals surface area contributed by atoms with Crippen LogP contribution in [0.4, 0.5) is 5.82 Å². The van der Waals surface area contributed by atoms with Gasteiger partial charge in [-0.05, 0) is 51.2 Å². The molecule has 0 radical (unpaired) electrons. The first-order valence-electron chi connectivity index (χ1n) is 7.37. The molecule has 1 amide bonds. The van der Waals surface area contributed by atoms with Gasteiger partial charge in [0.1, 0.15) is 11.9 Å². The van der Waals surface area contributed by atoms with Crippen molar-refractivity contribution in [3.05, 3.63) is 22.9 Å². The van der Waals surface area contributed by atoms with E-state index in [-0.39, 0.29) is 5.91 Å². The fraction of sp³-hybridized carbons (Fsp3) is 0.562. The number of carbonyl (C=O) groups excluding carboxylic acids is 1. The Labute approximate surface area is 125 Å². The maximum atomic E-state index is 11.8. The summed E-state index contributed by atoms with van der Waals surface area (Å²) in [5, 5.41) is 15.1. The molecule has 2 N–H and O–H groups in total. The van der Waals surface area contributed by atoms with Gasteiger partial charge < -0.3 is 10.6 Å². The topological polar surface area (TPSA) is 77.8 Å². The summed E-state index contributed by atoms with van der Waals surface area (Å²) >= 11 is 0. The largest absolute Gasteiger partial charge is 0.368 e. The van der Waals surface area contributed by atoms with Crippen molar-refractivity contribution < 1.29 is 4.79 Å². The van der Waals surface area contributed by atoms with Crippen molar-refractivity contribution in [3.8, 4) is 6.07 Å². The Balaban J connectivity index is 2.20. The summed E-state index contributed by atoms with van der Waals surface area (Å²) in [7, 11) is 1.63. The standard InChI is InChI=1S/C16H22N4O/c1-16(2,15(21)18-3)10-19-14-12(9-17)8-11-6-4-5-7-13(11)20-14/h8H,4-7,10H2,1-3H3,(H,18,21)(H,19,20). The molecule has 1 aromatic rings. The molecule has 0 atom stereocenters. The van der Waals surface area contributed by atoms with Crippen LogP contribution < -0.4 is 10.6 Å². The molecule has 1 aromatic heterocycles. The molecule has 0 aliphatic heterocycles. The normalized spacial score (nSPS) is 14.0. The SMILES string of the molecule is CNC(=O)C(C)(C)CNc1nc2c(cc1C#N)CCCC2. The molecule has 0 spiro atoms. The van der Waals surface area contributed by atoms with Crippen LogP contribution in [0.25, 0.3) is 0 Å². The molecule has 2 rings (SSSR count). The fourth-order valence-corrected chi connectivity index (χ4v) is 2.58. The summed E-state index contributed by atoms with van der Waals surface area (Å²) in [4.78, 5) is 16.4. The van der Waals surface area contributed by atoms with Gasteiger partial charge in [-0.2, -0.15) is 5.26 Å². The number of amides is 1. The second-order valence-electron chi connectivity index (χ2n) is 6.13. The first kappa shape index (κ1) is 15.3. The highest BCUT2D eigenvalue weighted by Crippen LogP contribution is 2.25. The number of aryl methyl sites for hydroxylation is 2. The lowest BCUT2D eigenvalue weighted by molar-refractivity contribution is -0.128. The van der Waals surface area contributed by atoms with E-state index in [1.54, 1.807) is 7.05 Å². The number of fused-ring (bicyclic) bond motifs is 1. The molecule has 0 saturated heterocycles. The molecule has 112 valence electrons. The lowest BCUT2D eigenvalue weighted by Crippen LogP contribution is -2.39. The molecule has 0 saturated carbocycles. The predicted octanol–water partition coefficient (Wildman–Crippen LogP) is 2.02. The quantitative estimate of drug-likeness (QED) is 0.887. The van der Waals surface area contributed by atoms with Crippen LogP contribution >= 0.6 is 0 Å². The molecule has 1 heterocycles. The summed E-state index contributed by atoms with van der Waals surface area (Å²) in [5.74, 6) is 0.557. The molecule has 0 unspecified atom stereocenters. The number of hydrogen-bond acceptors (Lipinski definition) is 4. The van der Waals surface area contributed by atoms with Gasteiger partial charge in [0.05, 0.1) is 11.0 Å². The molecule has 21 heavy (non-hydrogen) atoms. The highest BCUT2D eigenvalue weighted by atomic mass is 16.2. The van der Waals surface area contributed by atoms with E-state index in [0.717, 1.165) is 31.4 Å². The van der Waals surface area contributed by atoms with Crippen LogP contribution in [0.5, 0.6) is 0 Å². The maximum absolute atomic E-state index is 11.8. The minimum atomic E-state index is -0.556. The van der Waals surface area contributed by atoms with Gasteiger partial charge in [0.15, 0.2) is 0 Å². The summed E-state index contributed by atoms with van der Waals surface area (Å²) in [6.45, 7) is 4.17. The minimum absolute atomic E-state index is 0.0357. The Morgan fingerprint density at radius 1 is 1.43 bits per heavy atom. The number of hydrogen-bond donors (Lipinski definition) is 2. The summed E-state index contributed by atoms with van der Waals surface area (Å²) in [6, 6.07) is 4.14. The Bertz CT molecular complexity index is 587. The molecular formula is C16H22N4O. The number of nitrogens with zero attached hydrogens (tertiary/aromatic N) is 2. The number of carbonyl (C=O) groups is 1. The lowest BCUT2D eigenvalue weighted by atomic mass is 9.92. The van der Waals surface area contributed by atoms with Crippen LogP contribution in [0.2, 0.25) is 0 Å². The first-order valence-corrected chi connectivity index (χ1v) is 7.37. The maximum Gasteiger partial charge on any atom is 0.227 e. The van der Waals surface area contributed by atoms with Crippen molar-refractivity contribution in [2.75, 3.05) is 18.9 Å². The molecule has 0 fully saturated rings. The summed E-state index contributed by atoms with van der Waals surface area (Å²) < 4.78 is 0. The number of rotatable bonds is 4. The summed E-state index contributed by atoms with van der Waals surface area (Å²) in [6.07, 6.45) is 4.28. The van der Waals surface area contributed by atoms with Gasteiger partial charge in [-0.25, -0.2) is 4.98 Å². The Morgan fingerprint density at radius 3 is 2.81 bits per heavy atom. The van der Waals surface area contributed by atoms with Gasteiger partial charge in [-0.15, -0.1) is 0 Å². The molecule has 1 aliphatic rings. The van der Waals surface area contributed by atoms with Crippen LogP contribution in [0.1, 0.15) is 43.5 Å². The zero-order chi connectivity index (χ0) is 15.5. The minimum Gasteiger partial charge on any atom is -0.368 e. The van der Waals surface area contributed by atoms with Gasteiger partial charge in [-0.1, -0.05) is 0 Å². The van der Waals surface area contributed by atoms with E-state index < -0.39 is 5.41 Å². The van der Waals surface area contributed by atoms with Crippen LogP contribution in [0.15, 0.2) is 6.07 Å². The third-order valence-corrected chi connectivity index (χ3v) is 3.96. The van der Waals surface area contributed by atoms with Crippen LogP contribution in [-0.4, -0.2) is 24.5 Å². The van der Waals surface area contributed by atoms with E-state index in [4.69, 9.17) is 0 Å². The monoisotopic (exact) mass is 286 g/mol. The molecule has 1 aliphatic carbocycles. The average molecular weight is 286 g/mol. The second kappa shape index (κ2) is 6.13. The number of nitriles is 1. The third-order valence-electron chi connectivity index (χ3n) is 3.96.